The number of nitrogens with zero attached hydrogens (tertiary/aromatic N) is 1. The van der Waals surface area contributed by atoms with Gasteiger partial charge in [0.1, 0.15) is 5.69 Å². The van der Waals surface area contributed by atoms with Gasteiger partial charge >= 0.3 is 0 Å². The number of nitrogens with one attached hydrogen (secondary N) is 2. The lowest BCUT2D eigenvalue weighted by Gasteiger charge is -2.15. The van der Waals surface area contributed by atoms with Crippen molar-refractivity contribution in [2.24, 2.45) is 0 Å². The maximum Gasteiger partial charge on any atom is 0.271 e. The Morgan fingerprint density at radius 1 is 1.40 bits per heavy atom. The van der Waals surface area contributed by atoms with Crippen LogP contribution in [0.5, 0.6) is 0 Å². The van der Waals surface area contributed by atoms with E-state index in [1.54, 1.807) is 0 Å². The van der Waals surface area contributed by atoms with Crippen LogP contribution in [0.25, 0.3) is 0 Å². The highest BCUT2D eigenvalue weighted by atomic mass is 16.3. The third-order valence-electron chi connectivity index (χ3n) is 3.19. The van der Waals surface area contributed by atoms with Gasteiger partial charge in [-0.05, 0) is 25.3 Å². The van der Waals surface area contributed by atoms with Crippen molar-refractivity contribution < 1.29 is 9.90 Å². The molecule has 0 aliphatic heterocycles. The largest absolute Gasteiger partial charge is 0.394 e. The second-order valence-corrected chi connectivity index (χ2v) is 4.83. The number of carbonyl (C=O) groups is 1. The summed E-state index contributed by atoms with van der Waals surface area (Å²) in [6.07, 6.45) is 4.49. The molecule has 3 N–H and O–H groups in total. The fourth-order valence-electron chi connectivity index (χ4n) is 1.95. The molecule has 20 heavy (non-hydrogen) atoms. The first kappa shape index (κ1) is 14.3. The van der Waals surface area contributed by atoms with Crippen molar-refractivity contribution >= 4 is 5.91 Å². The summed E-state index contributed by atoms with van der Waals surface area (Å²) in [7, 11) is 0. The first-order valence-corrected chi connectivity index (χ1v) is 6.65. The molecule has 0 spiro atoms. The van der Waals surface area contributed by atoms with Gasteiger partial charge in [0, 0.05) is 6.20 Å². The summed E-state index contributed by atoms with van der Waals surface area (Å²) in [5, 5.41) is 12.1. The number of aromatic amines is 1. The van der Waals surface area contributed by atoms with Crippen molar-refractivity contribution in [3.05, 3.63) is 53.6 Å². The van der Waals surface area contributed by atoms with Gasteiger partial charge in [-0.2, -0.15) is 0 Å². The van der Waals surface area contributed by atoms with Crippen LogP contribution >= 0.6 is 0 Å². The molecule has 1 unspecified atom stereocenters. The number of aromatic nitrogens is 2. The summed E-state index contributed by atoms with van der Waals surface area (Å²) in [5.41, 5.74) is 2.75. The molecule has 2 aromatic rings. The van der Waals surface area contributed by atoms with Crippen LogP contribution in [0.2, 0.25) is 0 Å². The minimum absolute atomic E-state index is 0.0813. The molecular formula is C15H19N3O2. The minimum Gasteiger partial charge on any atom is -0.394 e. The Labute approximate surface area is 118 Å². The number of hydrogen-bond acceptors (Lipinski definition) is 3. The number of amides is 1. The van der Waals surface area contributed by atoms with Crippen molar-refractivity contribution in [3.63, 3.8) is 0 Å². The molecule has 106 valence electrons. The molecule has 0 radical (unpaired) electrons. The van der Waals surface area contributed by atoms with Crippen LogP contribution in [0.1, 0.15) is 28.0 Å². The van der Waals surface area contributed by atoms with E-state index >= 15 is 0 Å². The second kappa shape index (κ2) is 6.86. The quantitative estimate of drug-likeness (QED) is 0.745. The SMILES string of the molecule is Cc1ccc(CCC(CO)NC(=O)c2c[nH]cn2)cc1. The van der Waals surface area contributed by atoms with Crippen molar-refractivity contribution in [1.82, 2.24) is 15.3 Å². The van der Waals surface area contributed by atoms with Gasteiger partial charge in [0.05, 0.1) is 19.0 Å². The number of aryl methyl sites for hydroxylation is 2. The van der Waals surface area contributed by atoms with E-state index in [0.717, 1.165) is 6.42 Å². The van der Waals surface area contributed by atoms with Gasteiger partial charge in [0.25, 0.3) is 5.91 Å². The third kappa shape index (κ3) is 3.93. The Balaban J connectivity index is 1.86. The predicted octanol–water partition coefficient (Wildman–Crippen LogP) is 1.44. The maximum absolute atomic E-state index is 11.8. The summed E-state index contributed by atoms with van der Waals surface area (Å²) in [5.74, 6) is -0.269. The average molecular weight is 273 g/mol. The van der Waals surface area contributed by atoms with Gasteiger partial charge in [-0.3, -0.25) is 4.79 Å². The highest BCUT2D eigenvalue weighted by Gasteiger charge is 2.14. The lowest BCUT2D eigenvalue weighted by atomic mass is 10.0. The molecule has 0 aliphatic rings. The molecule has 0 fully saturated rings. The molecule has 2 rings (SSSR count). The van der Waals surface area contributed by atoms with Crippen LogP contribution in [0.3, 0.4) is 0 Å². The number of imidazole rings is 1. The number of benzene rings is 1. The highest BCUT2D eigenvalue weighted by Crippen LogP contribution is 2.08. The molecule has 5 heteroatoms. The van der Waals surface area contributed by atoms with Gasteiger partial charge in [0.15, 0.2) is 0 Å². The van der Waals surface area contributed by atoms with E-state index in [4.69, 9.17) is 0 Å². The van der Waals surface area contributed by atoms with Gasteiger partial charge in [-0.15, -0.1) is 0 Å². The van der Waals surface area contributed by atoms with Gasteiger partial charge < -0.3 is 15.4 Å². The average Bonchev–Trinajstić information content (AvgIpc) is 2.99. The number of hydrogen-bond donors (Lipinski definition) is 3. The normalized spacial score (nSPS) is 12.1. The molecule has 0 saturated carbocycles. The molecule has 1 atom stereocenters. The Morgan fingerprint density at radius 3 is 2.75 bits per heavy atom. The first-order valence-electron chi connectivity index (χ1n) is 6.65. The molecule has 1 aromatic heterocycles. The van der Waals surface area contributed by atoms with E-state index in [-0.39, 0.29) is 18.6 Å². The lowest BCUT2D eigenvalue weighted by molar-refractivity contribution is 0.0908. The van der Waals surface area contributed by atoms with E-state index in [1.165, 1.54) is 23.7 Å². The Hall–Kier alpha value is -2.14. The minimum atomic E-state index is -0.269. The van der Waals surface area contributed by atoms with Gasteiger partial charge in [-0.1, -0.05) is 29.8 Å². The molecule has 1 heterocycles. The van der Waals surface area contributed by atoms with E-state index < -0.39 is 0 Å². The summed E-state index contributed by atoms with van der Waals surface area (Å²) in [6, 6.07) is 8.00. The zero-order valence-corrected chi connectivity index (χ0v) is 11.5. The standard InChI is InChI=1S/C15H19N3O2/c1-11-2-4-12(5-3-11)6-7-13(9-19)18-15(20)14-8-16-10-17-14/h2-5,8,10,13,19H,6-7,9H2,1H3,(H,16,17)(H,18,20). The predicted molar refractivity (Wildman–Crippen MR) is 76.4 cm³/mol. The van der Waals surface area contributed by atoms with Crippen molar-refractivity contribution in [2.45, 2.75) is 25.8 Å². The molecule has 0 aliphatic carbocycles. The molecule has 1 aromatic carbocycles. The number of rotatable bonds is 6. The summed E-state index contributed by atoms with van der Waals surface area (Å²) in [4.78, 5) is 18.4. The van der Waals surface area contributed by atoms with E-state index in [2.05, 4.69) is 39.6 Å². The molecule has 5 nitrogen and oxygen atoms in total. The van der Waals surface area contributed by atoms with Crippen LogP contribution in [-0.4, -0.2) is 33.6 Å². The van der Waals surface area contributed by atoms with Gasteiger partial charge in [-0.25, -0.2) is 4.98 Å². The number of aliphatic hydroxyl groups is 1. The number of carbonyl (C=O) groups excluding carboxylic acids is 1. The van der Waals surface area contributed by atoms with E-state index in [0.29, 0.717) is 12.1 Å². The molecule has 0 saturated heterocycles. The second-order valence-electron chi connectivity index (χ2n) is 4.83. The molecular weight excluding hydrogens is 254 g/mol. The summed E-state index contributed by atoms with van der Waals surface area (Å²) in [6.45, 7) is 1.96. The van der Waals surface area contributed by atoms with Crippen LogP contribution in [0, 0.1) is 6.92 Å². The summed E-state index contributed by atoms with van der Waals surface area (Å²) < 4.78 is 0. The number of H-pyrrole nitrogens is 1. The highest BCUT2D eigenvalue weighted by molar-refractivity contribution is 5.92. The van der Waals surface area contributed by atoms with Crippen molar-refractivity contribution in [1.29, 1.82) is 0 Å². The lowest BCUT2D eigenvalue weighted by Crippen LogP contribution is -2.38. The smallest absolute Gasteiger partial charge is 0.271 e. The zero-order chi connectivity index (χ0) is 14.4. The first-order chi connectivity index (χ1) is 9.69. The van der Waals surface area contributed by atoms with Crippen LogP contribution in [0.15, 0.2) is 36.8 Å². The van der Waals surface area contributed by atoms with Crippen molar-refractivity contribution in [3.8, 4) is 0 Å². The van der Waals surface area contributed by atoms with Crippen LogP contribution < -0.4 is 5.32 Å². The zero-order valence-electron chi connectivity index (χ0n) is 11.5. The third-order valence-corrected chi connectivity index (χ3v) is 3.19. The Bertz CT molecular complexity index is 535. The van der Waals surface area contributed by atoms with Crippen LogP contribution in [-0.2, 0) is 6.42 Å². The number of aliphatic hydroxyl groups excluding tert-OH is 1. The topological polar surface area (TPSA) is 78.0 Å². The maximum atomic E-state index is 11.8. The Morgan fingerprint density at radius 2 is 2.15 bits per heavy atom. The molecule has 1 amide bonds. The summed E-state index contributed by atoms with van der Waals surface area (Å²) >= 11 is 0. The Kier molecular flexibility index (Phi) is 4.90. The van der Waals surface area contributed by atoms with E-state index in [9.17, 15) is 9.90 Å². The van der Waals surface area contributed by atoms with E-state index in [1.807, 2.05) is 6.92 Å². The van der Waals surface area contributed by atoms with Crippen LogP contribution in [0.4, 0.5) is 0 Å². The molecule has 0 bridgehead atoms. The monoisotopic (exact) mass is 273 g/mol. The fourth-order valence-corrected chi connectivity index (χ4v) is 1.95. The fraction of sp³-hybridized carbons (Fsp3) is 0.333. The van der Waals surface area contributed by atoms with Gasteiger partial charge in [0.2, 0.25) is 0 Å². The van der Waals surface area contributed by atoms with Crippen molar-refractivity contribution in [2.75, 3.05) is 6.61 Å².